The summed E-state index contributed by atoms with van der Waals surface area (Å²) in [7, 11) is 0. The molecule has 1 aliphatic rings. The fourth-order valence-corrected chi connectivity index (χ4v) is 2.78. The highest BCUT2D eigenvalue weighted by Crippen LogP contribution is 2.28. The van der Waals surface area contributed by atoms with Crippen molar-refractivity contribution in [2.24, 2.45) is 5.92 Å². The Morgan fingerprint density at radius 3 is 2.52 bits per heavy atom. The topological polar surface area (TPSA) is 62.6 Å². The van der Waals surface area contributed by atoms with Crippen molar-refractivity contribution >= 4 is 11.8 Å². The summed E-state index contributed by atoms with van der Waals surface area (Å²) in [6.45, 7) is 9.53. The van der Waals surface area contributed by atoms with Gasteiger partial charge in [0, 0.05) is 0 Å². The maximum absolute atomic E-state index is 12.8. The Kier molecular flexibility index (Phi) is 4.40. The number of furan rings is 1. The van der Waals surface area contributed by atoms with Crippen molar-refractivity contribution in [1.82, 2.24) is 10.2 Å². The minimum Gasteiger partial charge on any atom is -0.464 e. The van der Waals surface area contributed by atoms with Crippen LogP contribution in [0.15, 0.2) is 16.5 Å². The lowest BCUT2D eigenvalue weighted by atomic mass is 9.93. The summed E-state index contributed by atoms with van der Waals surface area (Å²) in [6.07, 6.45) is 0.840. The van der Waals surface area contributed by atoms with Crippen molar-refractivity contribution in [3.05, 3.63) is 23.7 Å². The van der Waals surface area contributed by atoms with Crippen molar-refractivity contribution in [3.63, 3.8) is 0 Å². The molecule has 4 unspecified atom stereocenters. The molecule has 1 N–H and O–H groups in total. The van der Waals surface area contributed by atoms with Crippen molar-refractivity contribution in [3.8, 4) is 0 Å². The van der Waals surface area contributed by atoms with Crippen molar-refractivity contribution < 1.29 is 14.0 Å². The van der Waals surface area contributed by atoms with Crippen molar-refractivity contribution in [2.75, 3.05) is 0 Å². The minimum atomic E-state index is -0.488. The summed E-state index contributed by atoms with van der Waals surface area (Å²) in [5, 5.41) is 2.85. The van der Waals surface area contributed by atoms with Gasteiger partial charge in [-0.1, -0.05) is 20.3 Å². The predicted molar refractivity (Wildman–Crippen MR) is 79.6 cm³/mol. The van der Waals surface area contributed by atoms with E-state index in [1.165, 1.54) is 0 Å². The van der Waals surface area contributed by atoms with E-state index in [0.717, 1.165) is 12.2 Å². The lowest BCUT2D eigenvalue weighted by Gasteiger charge is -2.41. The van der Waals surface area contributed by atoms with Crippen LogP contribution in [-0.2, 0) is 9.59 Å². The molecule has 116 valence electrons. The Morgan fingerprint density at radius 1 is 1.33 bits per heavy atom. The Morgan fingerprint density at radius 2 is 2.00 bits per heavy atom. The molecule has 0 bridgehead atoms. The van der Waals surface area contributed by atoms with E-state index >= 15 is 0 Å². The third kappa shape index (κ3) is 2.82. The molecule has 1 fully saturated rings. The van der Waals surface area contributed by atoms with Gasteiger partial charge in [0.1, 0.15) is 23.6 Å². The number of carbonyl (C=O) groups is 2. The van der Waals surface area contributed by atoms with Gasteiger partial charge in [0.15, 0.2) is 0 Å². The van der Waals surface area contributed by atoms with E-state index in [1.807, 2.05) is 39.8 Å². The molecule has 1 aromatic heterocycles. The van der Waals surface area contributed by atoms with E-state index < -0.39 is 12.1 Å². The molecular formula is C16H24N2O3. The number of hydrogen-bond acceptors (Lipinski definition) is 3. The van der Waals surface area contributed by atoms with E-state index in [4.69, 9.17) is 4.42 Å². The number of nitrogens with zero attached hydrogens (tertiary/aromatic N) is 1. The summed E-state index contributed by atoms with van der Waals surface area (Å²) in [5.74, 6) is 1.50. The number of carbonyl (C=O) groups excluding carboxylic acids is 2. The summed E-state index contributed by atoms with van der Waals surface area (Å²) < 4.78 is 5.63. The van der Waals surface area contributed by atoms with E-state index in [9.17, 15) is 9.59 Å². The Hall–Kier alpha value is -1.78. The summed E-state index contributed by atoms with van der Waals surface area (Å²) in [4.78, 5) is 26.6. The van der Waals surface area contributed by atoms with E-state index in [2.05, 4.69) is 5.32 Å². The first-order chi connectivity index (χ1) is 9.86. The van der Waals surface area contributed by atoms with Gasteiger partial charge in [-0.25, -0.2) is 0 Å². The van der Waals surface area contributed by atoms with E-state index in [-0.39, 0.29) is 23.8 Å². The molecule has 0 aromatic carbocycles. The fourth-order valence-electron chi connectivity index (χ4n) is 2.78. The molecule has 1 aliphatic heterocycles. The highest BCUT2D eigenvalue weighted by Gasteiger charge is 2.43. The van der Waals surface area contributed by atoms with Crippen LogP contribution >= 0.6 is 0 Å². The Labute approximate surface area is 125 Å². The molecule has 0 saturated carbocycles. The molecule has 0 radical (unpaired) electrons. The number of aryl methyl sites for hydroxylation is 1. The monoisotopic (exact) mass is 292 g/mol. The third-order valence-electron chi connectivity index (χ3n) is 4.42. The predicted octanol–water partition coefficient (Wildman–Crippen LogP) is 2.41. The lowest BCUT2D eigenvalue weighted by molar-refractivity contribution is -0.153. The molecule has 0 aliphatic carbocycles. The van der Waals surface area contributed by atoms with Crippen LogP contribution < -0.4 is 5.32 Å². The van der Waals surface area contributed by atoms with Crippen LogP contribution in [0.5, 0.6) is 0 Å². The standard InChI is InChI=1S/C16H24N2O3/c1-6-9(2)14-16(20)18(12(5)15(19)17-14)11(4)13-8-7-10(3)21-13/h7-9,11-12,14H,6H2,1-5H3,(H,17,19). The minimum absolute atomic E-state index is 0.0296. The first-order valence-electron chi connectivity index (χ1n) is 7.55. The zero-order valence-electron chi connectivity index (χ0n) is 13.3. The molecular weight excluding hydrogens is 268 g/mol. The van der Waals surface area contributed by atoms with Gasteiger partial charge < -0.3 is 14.6 Å². The van der Waals surface area contributed by atoms with Crippen molar-refractivity contribution in [1.29, 1.82) is 0 Å². The summed E-state index contributed by atoms with van der Waals surface area (Å²) >= 11 is 0. The number of rotatable bonds is 4. The Bertz CT molecular complexity index is 537. The second kappa shape index (κ2) is 5.92. The van der Waals surface area contributed by atoms with Gasteiger partial charge in [0.2, 0.25) is 11.8 Å². The quantitative estimate of drug-likeness (QED) is 0.927. The van der Waals surface area contributed by atoms with Gasteiger partial charge in [-0.3, -0.25) is 9.59 Å². The van der Waals surface area contributed by atoms with Gasteiger partial charge >= 0.3 is 0 Å². The van der Waals surface area contributed by atoms with Crippen LogP contribution in [0.4, 0.5) is 0 Å². The molecule has 5 nitrogen and oxygen atoms in total. The van der Waals surface area contributed by atoms with Gasteiger partial charge in [0.05, 0.1) is 6.04 Å². The molecule has 4 atom stereocenters. The molecule has 21 heavy (non-hydrogen) atoms. The zero-order valence-corrected chi connectivity index (χ0v) is 13.3. The molecule has 1 saturated heterocycles. The highest BCUT2D eigenvalue weighted by molar-refractivity contribution is 5.97. The number of hydrogen-bond donors (Lipinski definition) is 1. The largest absolute Gasteiger partial charge is 0.464 e. The maximum atomic E-state index is 12.8. The molecule has 2 amide bonds. The van der Waals surface area contributed by atoms with Gasteiger partial charge in [-0.05, 0) is 38.8 Å². The van der Waals surface area contributed by atoms with Crippen LogP contribution in [0, 0.1) is 12.8 Å². The van der Waals surface area contributed by atoms with Crippen LogP contribution in [0.1, 0.15) is 51.7 Å². The van der Waals surface area contributed by atoms with Gasteiger partial charge in [0.25, 0.3) is 0 Å². The molecule has 5 heteroatoms. The number of nitrogens with one attached hydrogen (secondary N) is 1. The fraction of sp³-hybridized carbons (Fsp3) is 0.625. The molecule has 2 rings (SSSR count). The molecule has 0 spiro atoms. The molecule has 2 heterocycles. The van der Waals surface area contributed by atoms with Crippen LogP contribution in [0.3, 0.4) is 0 Å². The summed E-state index contributed by atoms with van der Waals surface area (Å²) in [5.41, 5.74) is 0. The van der Waals surface area contributed by atoms with Crippen LogP contribution in [0.25, 0.3) is 0 Å². The smallest absolute Gasteiger partial charge is 0.246 e. The maximum Gasteiger partial charge on any atom is 0.246 e. The lowest BCUT2D eigenvalue weighted by Crippen LogP contribution is -2.64. The average molecular weight is 292 g/mol. The SMILES string of the molecule is CCC(C)C1NC(=O)C(C)N(C(C)c2ccc(C)o2)C1=O. The normalized spacial score (nSPS) is 25.7. The molecule has 1 aromatic rings. The Balaban J connectivity index is 2.30. The van der Waals surface area contributed by atoms with E-state index in [0.29, 0.717) is 5.76 Å². The number of amides is 2. The van der Waals surface area contributed by atoms with Gasteiger partial charge in [-0.15, -0.1) is 0 Å². The van der Waals surface area contributed by atoms with Crippen molar-refractivity contribution in [2.45, 2.75) is 59.2 Å². The van der Waals surface area contributed by atoms with E-state index in [1.54, 1.807) is 11.8 Å². The zero-order chi connectivity index (χ0) is 15.7. The average Bonchev–Trinajstić information content (AvgIpc) is 2.88. The first-order valence-corrected chi connectivity index (χ1v) is 7.55. The first kappa shape index (κ1) is 15.6. The highest BCUT2D eigenvalue weighted by atomic mass is 16.3. The summed E-state index contributed by atoms with van der Waals surface area (Å²) in [6, 6.07) is 2.55. The van der Waals surface area contributed by atoms with Crippen LogP contribution in [-0.4, -0.2) is 28.8 Å². The second-order valence-electron chi connectivity index (χ2n) is 5.92. The second-order valence-corrected chi connectivity index (χ2v) is 5.92. The van der Waals surface area contributed by atoms with Gasteiger partial charge in [-0.2, -0.15) is 0 Å². The number of piperazine rings is 1. The third-order valence-corrected chi connectivity index (χ3v) is 4.42. The van der Waals surface area contributed by atoms with Crippen LogP contribution in [0.2, 0.25) is 0 Å².